The number of aromatic nitrogens is 2. The molecule has 1 N–H and O–H groups in total. The zero-order valence-corrected chi connectivity index (χ0v) is 10.4. The van der Waals surface area contributed by atoms with Crippen LogP contribution in [0.5, 0.6) is 0 Å². The Morgan fingerprint density at radius 1 is 1.44 bits per heavy atom. The average Bonchev–Trinajstić information content (AvgIpc) is 2.73. The smallest absolute Gasteiger partial charge is 0.0762 e. The molecule has 1 aliphatic rings. The Hall–Kier alpha value is -0.830. The Morgan fingerprint density at radius 3 is 2.81 bits per heavy atom. The van der Waals surface area contributed by atoms with Crippen LogP contribution >= 0.6 is 0 Å². The molecule has 0 aromatic carbocycles. The molecular formula is C13H23N3. The molecule has 0 spiro atoms. The highest BCUT2D eigenvalue weighted by Crippen LogP contribution is 2.26. The molecule has 1 aromatic heterocycles. The maximum absolute atomic E-state index is 4.38. The predicted octanol–water partition coefficient (Wildman–Crippen LogP) is 2.48. The molecule has 2 rings (SSSR count). The van der Waals surface area contributed by atoms with Crippen LogP contribution in [0.15, 0.2) is 12.3 Å². The van der Waals surface area contributed by atoms with E-state index < -0.39 is 0 Å². The van der Waals surface area contributed by atoms with Gasteiger partial charge in [-0.25, -0.2) is 0 Å². The lowest BCUT2D eigenvalue weighted by atomic mass is 9.84. The van der Waals surface area contributed by atoms with Gasteiger partial charge >= 0.3 is 0 Å². The van der Waals surface area contributed by atoms with E-state index in [0.29, 0.717) is 6.04 Å². The van der Waals surface area contributed by atoms with Crippen molar-refractivity contribution >= 4 is 0 Å². The molecule has 0 amide bonds. The van der Waals surface area contributed by atoms with Crippen LogP contribution in [0.25, 0.3) is 0 Å². The van der Waals surface area contributed by atoms with Crippen molar-refractivity contribution in [2.45, 2.75) is 51.6 Å². The summed E-state index contributed by atoms with van der Waals surface area (Å²) in [4.78, 5) is 0. The monoisotopic (exact) mass is 221 g/mol. The van der Waals surface area contributed by atoms with Gasteiger partial charge in [0.15, 0.2) is 0 Å². The third kappa shape index (κ3) is 3.08. The molecule has 3 heteroatoms. The molecule has 1 heterocycles. The summed E-state index contributed by atoms with van der Waals surface area (Å²) in [5.74, 6) is 0.873. The van der Waals surface area contributed by atoms with E-state index in [-0.39, 0.29) is 0 Å². The van der Waals surface area contributed by atoms with Crippen LogP contribution in [0.2, 0.25) is 0 Å². The van der Waals surface area contributed by atoms with Crippen LogP contribution in [-0.2, 0) is 13.6 Å². The molecule has 1 aliphatic carbocycles. The highest BCUT2D eigenvalue weighted by atomic mass is 15.3. The normalized spacial score (nSPS) is 19.9. The van der Waals surface area contributed by atoms with Gasteiger partial charge in [-0.2, -0.15) is 5.10 Å². The van der Waals surface area contributed by atoms with Crippen molar-refractivity contribution in [3.05, 3.63) is 18.0 Å². The highest BCUT2D eigenvalue weighted by Gasteiger charge is 2.19. The summed E-state index contributed by atoms with van der Waals surface area (Å²) in [6.07, 6.45) is 9.07. The second-order valence-electron chi connectivity index (χ2n) is 5.05. The SMILES string of the molecule is C[C@@H](NCc1ccn(C)n1)C1CCCCC1. The Kier molecular flexibility index (Phi) is 3.99. The first-order valence-corrected chi connectivity index (χ1v) is 6.47. The molecular weight excluding hydrogens is 198 g/mol. The molecule has 1 fully saturated rings. The lowest BCUT2D eigenvalue weighted by Gasteiger charge is -2.28. The van der Waals surface area contributed by atoms with Crippen LogP contribution < -0.4 is 5.32 Å². The first kappa shape index (κ1) is 11.6. The van der Waals surface area contributed by atoms with E-state index >= 15 is 0 Å². The molecule has 16 heavy (non-hydrogen) atoms. The van der Waals surface area contributed by atoms with Crippen LogP contribution in [0, 0.1) is 5.92 Å². The van der Waals surface area contributed by atoms with Gasteiger partial charge < -0.3 is 5.32 Å². The lowest BCUT2D eigenvalue weighted by molar-refractivity contribution is 0.280. The quantitative estimate of drug-likeness (QED) is 0.846. The van der Waals surface area contributed by atoms with Gasteiger partial charge in [0.05, 0.1) is 5.69 Å². The Morgan fingerprint density at radius 2 is 2.19 bits per heavy atom. The fraction of sp³-hybridized carbons (Fsp3) is 0.769. The van der Waals surface area contributed by atoms with Gasteiger partial charge in [-0.05, 0) is 31.7 Å². The van der Waals surface area contributed by atoms with Crippen molar-refractivity contribution in [2.75, 3.05) is 0 Å². The number of aryl methyl sites for hydroxylation is 1. The van der Waals surface area contributed by atoms with E-state index in [1.54, 1.807) is 0 Å². The minimum Gasteiger partial charge on any atom is -0.308 e. The van der Waals surface area contributed by atoms with Gasteiger partial charge in [-0.15, -0.1) is 0 Å². The predicted molar refractivity (Wildman–Crippen MR) is 66.1 cm³/mol. The van der Waals surface area contributed by atoms with Gasteiger partial charge in [0.2, 0.25) is 0 Å². The van der Waals surface area contributed by atoms with Crippen molar-refractivity contribution in [2.24, 2.45) is 13.0 Å². The Labute approximate surface area is 98.2 Å². The summed E-state index contributed by atoms with van der Waals surface area (Å²) in [5, 5.41) is 7.99. The summed E-state index contributed by atoms with van der Waals surface area (Å²) < 4.78 is 1.86. The van der Waals surface area contributed by atoms with E-state index in [1.165, 1.54) is 32.1 Å². The first-order chi connectivity index (χ1) is 7.75. The maximum Gasteiger partial charge on any atom is 0.0762 e. The van der Waals surface area contributed by atoms with Gasteiger partial charge in [-0.1, -0.05) is 19.3 Å². The van der Waals surface area contributed by atoms with E-state index in [1.807, 2.05) is 17.9 Å². The average molecular weight is 221 g/mol. The second-order valence-corrected chi connectivity index (χ2v) is 5.05. The summed E-state index contributed by atoms with van der Waals surface area (Å²) in [5.41, 5.74) is 1.14. The van der Waals surface area contributed by atoms with Gasteiger partial charge in [0, 0.05) is 25.8 Å². The fourth-order valence-electron chi connectivity index (χ4n) is 2.62. The lowest BCUT2D eigenvalue weighted by Crippen LogP contribution is -2.34. The summed E-state index contributed by atoms with van der Waals surface area (Å²) in [7, 11) is 1.97. The van der Waals surface area contributed by atoms with E-state index in [0.717, 1.165) is 18.2 Å². The Bertz CT molecular complexity index is 313. The molecule has 3 nitrogen and oxygen atoms in total. The van der Waals surface area contributed by atoms with Gasteiger partial charge in [0.1, 0.15) is 0 Å². The summed E-state index contributed by atoms with van der Waals surface area (Å²) >= 11 is 0. The van der Waals surface area contributed by atoms with Crippen molar-refractivity contribution in [3.63, 3.8) is 0 Å². The van der Waals surface area contributed by atoms with E-state index in [9.17, 15) is 0 Å². The molecule has 1 aromatic rings. The van der Waals surface area contributed by atoms with Crippen LogP contribution in [-0.4, -0.2) is 15.8 Å². The molecule has 1 atom stereocenters. The summed E-state index contributed by atoms with van der Waals surface area (Å²) in [6.45, 7) is 3.22. The molecule has 0 saturated heterocycles. The van der Waals surface area contributed by atoms with Crippen molar-refractivity contribution in [1.82, 2.24) is 15.1 Å². The largest absolute Gasteiger partial charge is 0.308 e. The van der Waals surface area contributed by atoms with Crippen LogP contribution in [0.4, 0.5) is 0 Å². The van der Waals surface area contributed by atoms with Gasteiger partial charge in [-0.3, -0.25) is 4.68 Å². The molecule has 0 bridgehead atoms. The molecule has 1 saturated carbocycles. The summed E-state index contributed by atoms with van der Waals surface area (Å²) in [6, 6.07) is 2.71. The van der Waals surface area contributed by atoms with Crippen molar-refractivity contribution in [3.8, 4) is 0 Å². The number of rotatable bonds is 4. The third-order valence-corrected chi connectivity index (χ3v) is 3.73. The topological polar surface area (TPSA) is 29.9 Å². The van der Waals surface area contributed by atoms with E-state index in [4.69, 9.17) is 0 Å². The van der Waals surface area contributed by atoms with Crippen molar-refractivity contribution < 1.29 is 0 Å². The van der Waals surface area contributed by atoms with Crippen LogP contribution in [0.1, 0.15) is 44.7 Å². The molecule has 0 radical (unpaired) electrons. The number of nitrogens with zero attached hydrogens (tertiary/aromatic N) is 2. The fourth-order valence-corrected chi connectivity index (χ4v) is 2.62. The van der Waals surface area contributed by atoms with Gasteiger partial charge in [0.25, 0.3) is 0 Å². The molecule has 0 aliphatic heterocycles. The maximum atomic E-state index is 4.38. The zero-order valence-electron chi connectivity index (χ0n) is 10.4. The highest BCUT2D eigenvalue weighted by molar-refractivity contribution is 4.98. The molecule has 90 valence electrons. The molecule has 0 unspecified atom stereocenters. The minimum absolute atomic E-state index is 0.627. The minimum atomic E-state index is 0.627. The zero-order chi connectivity index (χ0) is 11.4. The standard InChI is InChI=1S/C13H23N3/c1-11(12-6-4-3-5-7-12)14-10-13-8-9-16(2)15-13/h8-9,11-12,14H,3-7,10H2,1-2H3/t11-/m1/s1. The van der Waals surface area contributed by atoms with E-state index in [2.05, 4.69) is 23.4 Å². The van der Waals surface area contributed by atoms with Crippen LogP contribution in [0.3, 0.4) is 0 Å². The first-order valence-electron chi connectivity index (χ1n) is 6.47. The number of hydrogen-bond acceptors (Lipinski definition) is 2. The van der Waals surface area contributed by atoms with Crippen molar-refractivity contribution in [1.29, 1.82) is 0 Å². The number of hydrogen-bond donors (Lipinski definition) is 1. The Balaban J connectivity index is 1.76. The third-order valence-electron chi connectivity index (χ3n) is 3.73. The number of nitrogens with one attached hydrogen (secondary N) is 1. The second kappa shape index (κ2) is 5.48.